The second-order valence-electron chi connectivity index (χ2n) is 3.88. The molecular weight excluding hydrogens is 188 g/mol. The van der Waals surface area contributed by atoms with Crippen molar-refractivity contribution in [2.75, 3.05) is 6.54 Å². The van der Waals surface area contributed by atoms with Gasteiger partial charge in [-0.25, -0.2) is 4.98 Å². The van der Waals surface area contributed by atoms with Gasteiger partial charge in [-0.2, -0.15) is 5.10 Å². The Morgan fingerprint density at radius 1 is 1.20 bits per heavy atom. The molecule has 1 aromatic heterocycles. The van der Waals surface area contributed by atoms with Crippen molar-refractivity contribution in [3.05, 3.63) is 12.2 Å². The zero-order chi connectivity index (χ0) is 10.8. The Bertz CT molecular complexity index is 221. The van der Waals surface area contributed by atoms with E-state index in [0.717, 1.165) is 18.9 Å². The Kier molecular flexibility index (Phi) is 6.83. The first kappa shape index (κ1) is 12.2. The first-order valence-corrected chi connectivity index (χ1v) is 5.98. The van der Waals surface area contributed by atoms with Crippen LogP contribution in [0.1, 0.15) is 51.3 Å². The first-order valence-electron chi connectivity index (χ1n) is 5.98. The molecule has 0 aliphatic carbocycles. The lowest BCUT2D eigenvalue weighted by Gasteiger charge is -2.02. The Balaban J connectivity index is 1.81. The van der Waals surface area contributed by atoms with Crippen molar-refractivity contribution in [1.29, 1.82) is 0 Å². The molecule has 0 unspecified atom stereocenters. The van der Waals surface area contributed by atoms with Crippen LogP contribution in [0.2, 0.25) is 0 Å². The van der Waals surface area contributed by atoms with Gasteiger partial charge in [-0.1, -0.05) is 39.0 Å². The van der Waals surface area contributed by atoms with Crippen molar-refractivity contribution < 1.29 is 0 Å². The monoisotopic (exact) mass is 210 g/mol. The number of aromatic amines is 1. The Labute approximate surface area is 91.9 Å². The van der Waals surface area contributed by atoms with E-state index in [4.69, 9.17) is 0 Å². The highest BCUT2D eigenvalue weighted by Crippen LogP contribution is 2.03. The van der Waals surface area contributed by atoms with Gasteiger partial charge in [-0.3, -0.25) is 5.10 Å². The van der Waals surface area contributed by atoms with E-state index >= 15 is 0 Å². The maximum Gasteiger partial charge on any atom is 0.138 e. The summed E-state index contributed by atoms with van der Waals surface area (Å²) in [7, 11) is 0. The number of unbranched alkanes of at least 4 members (excludes halogenated alkanes) is 5. The molecule has 1 aromatic rings. The van der Waals surface area contributed by atoms with Gasteiger partial charge < -0.3 is 5.32 Å². The zero-order valence-electron chi connectivity index (χ0n) is 9.63. The molecule has 0 saturated heterocycles. The van der Waals surface area contributed by atoms with Gasteiger partial charge in [0.25, 0.3) is 0 Å². The normalized spacial score (nSPS) is 10.7. The van der Waals surface area contributed by atoms with Gasteiger partial charge in [0.2, 0.25) is 0 Å². The zero-order valence-corrected chi connectivity index (χ0v) is 9.63. The van der Waals surface area contributed by atoms with E-state index in [2.05, 4.69) is 27.4 Å². The van der Waals surface area contributed by atoms with Crippen molar-refractivity contribution >= 4 is 0 Å². The third-order valence-corrected chi connectivity index (χ3v) is 2.46. The van der Waals surface area contributed by atoms with E-state index in [0.29, 0.717) is 0 Å². The summed E-state index contributed by atoms with van der Waals surface area (Å²) in [6.07, 6.45) is 9.61. The molecule has 15 heavy (non-hydrogen) atoms. The average molecular weight is 210 g/mol. The van der Waals surface area contributed by atoms with Crippen molar-refractivity contribution in [1.82, 2.24) is 20.5 Å². The molecule has 0 saturated carbocycles. The lowest BCUT2D eigenvalue weighted by Crippen LogP contribution is -2.15. The number of rotatable bonds is 9. The third-order valence-electron chi connectivity index (χ3n) is 2.46. The maximum atomic E-state index is 4.05. The highest BCUT2D eigenvalue weighted by molar-refractivity contribution is 4.77. The Hall–Kier alpha value is -0.900. The molecule has 1 rings (SSSR count). The van der Waals surface area contributed by atoms with Crippen LogP contribution < -0.4 is 5.32 Å². The van der Waals surface area contributed by atoms with Crippen LogP contribution in [0.3, 0.4) is 0 Å². The summed E-state index contributed by atoms with van der Waals surface area (Å²) in [5, 5.41) is 9.97. The highest BCUT2D eigenvalue weighted by Gasteiger charge is 1.94. The Morgan fingerprint density at radius 3 is 2.73 bits per heavy atom. The molecule has 0 bridgehead atoms. The molecule has 0 atom stereocenters. The lowest BCUT2D eigenvalue weighted by atomic mass is 10.1. The van der Waals surface area contributed by atoms with E-state index < -0.39 is 0 Å². The van der Waals surface area contributed by atoms with E-state index in [9.17, 15) is 0 Å². The van der Waals surface area contributed by atoms with Crippen LogP contribution in [0, 0.1) is 0 Å². The predicted octanol–water partition coefficient (Wildman–Crippen LogP) is 2.25. The van der Waals surface area contributed by atoms with Crippen molar-refractivity contribution in [3.8, 4) is 0 Å². The summed E-state index contributed by atoms with van der Waals surface area (Å²) in [6, 6.07) is 0. The minimum atomic E-state index is 0.801. The van der Waals surface area contributed by atoms with Crippen LogP contribution in [0.5, 0.6) is 0 Å². The van der Waals surface area contributed by atoms with Crippen LogP contribution in [-0.2, 0) is 6.54 Å². The van der Waals surface area contributed by atoms with Gasteiger partial charge in [-0.15, -0.1) is 0 Å². The smallest absolute Gasteiger partial charge is 0.138 e. The summed E-state index contributed by atoms with van der Waals surface area (Å²) < 4.78 is 0. The number of aromatic nitrogens is 3. The molecule has 2 N–H and O–H groups in total. The summed E-state index contributed by atoms with van der Waals surface area (Å²) in [6.45, 7) is 4.13. The van der Waals surface area contributed by atoms with Crippen LogP contribution in [0.15, 0.2) is 6.33 Å². The third kappa shape index (κ3) is 6.23. The quantitative estimate of drug-likeness (QED) is 0.615. The summed E-state index contributed by atoms with van der Waals surface area (Å²) >= 11 is 0. The number of hydrogen-bond donors (Lipinski definition) is 2. The topological polar surface area (TPSA) is 53.6 Å². The Morgan fingerprint density at radius 2 is 2.00 bits per heavy atom. The molecule has 0 aliphatic rings. The number of nitrogens with one attached hydrogen (secondary N) is 2. The van der Waals surface area contributed by atoms with Gasteiger partial charge in [0.1, 0.15) is 12.2 Å². The second kappa shape index (κ2) is 8.41. The van der Waals surface area contributed by atoms with Crippen molar-refractivity contribution in [3.63, 3.8) is 0 Å². The molecule has 0 amide bonds. The van der Waals surface area contributed by atoms with E-state index in [-0.39, 0.29) is 0 Å². The van der Waals surface area contributed by atoms with Crippen molar-refractivity contribution in [2.24, 2.45) is 0 Å². The highest BCUT2D eigenvalue weighted by atomic mass is 15.2. The molecule has 4 nitrogen and oxygen atoms in total. The SMILES string of the molecule is CCCCCCCCNCc1ncn[nH]1. The van der Waals surface area contributed by atoms with E-state index in [1.165, 1.54) is 38.5 Å². The minimum Gasteiger partial charge on any atom is -0.310 e. The van der Waals surface area contributed by atoms with Gasteiger partial charge >= 0.3 is 0 Å². The summed E-state index contributed by atoms with van der Waals surface area (Å²) in [5.41, 5.74) is 0. The fraction of sp³-hybridized carbons (Fsp3) is 0.818. The summed E-state index contributed by atoms with van der Waals surface area (Å²) in [5.74, 6) is 0.918. The summed E-state index contributed by atoms with van der Waals surface area (Å²) in [4.78, 5) is 4.05. The van der Waals surface area contributed by atoms with Crippen LogP contribution in [0.4, 0.5) is 0 Å². The fourth-order valence-electron chi connectivity index (χ4n) is 1.55. The average Bonchev–Trinajstić information content (AvgIpc) is 2.75. The van der Waals surface area contributed by atoms with Gasteiger partial charge in [0.15, 0.2) is 0 Å². The molecule has 1 heterocycles. The second-order valence-corrected chi connectivity index (χ2v) is 3.88. The van der Waals surface area contributed by atoms with Crippen LogP contribution in [-0.4, -0.2) is 21.7 Å². The van der Waals surface area contributed by atoms with E-state index in [1.54, 1.807) is 6.33 Å². The molecule has 0 radical (unpaired) electrons. The van der Waals surface area contributed by atoms with Crippen molar-refractivity contribution in [2.45, 2.75) is 52.0 Å². The molecule has 0 aromatic carbocycles. The van der Waals surface area contributed by atoms with Crippen LogP contribution in [0.25, 0.3) is 0 Å². The largest absolute Gasteiger partial charge is 0.310 e. The molecule has 0 spiro atoms. The molecule has 86 valence electrons. The standard InChI is InChI=1S/C11H22N4/c1-2-3-4-5-6-7-8-12-9-11-13-10-14-15-11/h10,12H,2-9H2,1H3,(H,13,14,15). The molecule has 0 fully saturated rings. The van der Waals surface area contributed by atoms with E-state index in [1.807, 2.05) is 0 Å². The number of nitrogens with zero attached hydrogens (tertiary/aromatic N) is 2. The predicted molar refractivity (Wildman–Crippen MR) is 61.5 cm³/mol. The van der Waals surface area contributed by atoms with Gasteiger partial charge in [0.05, 0.1) is 6.54 Å². The number of hydrogen-bond acceptors (Lipinski definition) is 3. The van der Waals surface area contributed by atoms with Crippen LogP contribution >= 0.6 is 0 Å². The lowest BCUT2D eigenvalue weighted by molar-refractivity contribution is 0.566. The molecule has 4 heteroatoms. The molecular formula is C11H22N4. The number of H-pyrrole nitrogens is 1. The maximum absolute atomic E-state index is 4.05. The first-order chi connectivity index (χ1) is 7.43. The fourth-order valence-corrected chi connectivity index (χ4v) is 1.55. The van der Waals surface area contributed by atoms with Gasteiger partial charge in [-0.05, 0) is 13.0 Å². The minimum absolute atomic E-state index is 0.801. The van der Waals surface area contributed by atoms with Gasteiger partial charge in [0, 0.05) is 0 Å². The molecule has 0 aliphatic heterocycles.